The van der Waals surface area contributed by atoms with Gasteiger partial charge in [0.05, 0.1) is 6.42 Å². The Morgan fingerprint density at radius 3 is 2.28 bits per heavy atom. The van der Waals surface area contributed by atoms with Crippen LogP contribution in [0.3, 0.4) is 0 Å². The normalized spacial score (nSPS) is 11.4. The lowest BCUT2D eigenvalue weighted by Crippen LogP contribution is -2.30. The molecule has 0 fully saturated rings. The fourth-order valence-corrected chi connectivity index (χ4v) is 1.53. The van der Waals surface area contributed by atoms with E-state index < -0.39 is 18.5 Å². The standard InChI is InChI=1S/C12H13ClF3NO/c1-17(7-6-12(14,15)16)11(18)10-4-2-9(8-13)3-5-10/h2-5H,6-8H2,1H3. The lowest BCUT2D eigenvalue weighted by Gasteiger charge is -2.18. The van der Waals surface area contributed by atoms with Crippen LogP contribution < -0.4 is 0 Å². The zero-order chi connectivity index (χ0) is 13.8. The van der Waals surface area contributed by atoms with E-state index in [1.807, 2.05) is 0 Å². The number of halogens is 4. The monoisotopic (exact) mass is 279 g/mol. The van der Waals surface area contributed by atoms with Crippen molar-refractivity contribution in [2.75, 3.05) is 13.6 Å². The molecule has 0 aliphatic heterocycles. The summed E-state index contributed by atoms with van der Waals surface area (Å²) >= 11 is 5.60. The van der Waals surface area contributed by atoms with Crippen LogP contribution in [0, 0.1) is 0 Å². The summed E-state index contributed by atoms with van der Waals surface area (Å²) in [7, 11) is 1.35. The molecule has 0 N–H and O–H groups in total. The van der Waals surface area contributed by atoms with Crippen LogP contribution in [0.5, 0.6) is 0 Å². The van der Waals surface area contributed by atoms with Gasteiger partial charge in [-0.1, -0.05) is 12.1 Å². The van der Waals surface area contributed by atoms with Crippen molar-refractivity contribution in [2.24, 2.45) is 0 Å². The number of carbonyl (C=O) groups is 1. The van der Waals surface area contributed by atoms with Gasteiger partial charge in [-0.3, -0.25) is 4.79 Å². The summed E-state index contributed by atoms with van der Waals surface area (Å²) in [6, 6.07) is 6.48. The Morgan fingerprint density at radius 1 is 1.28 bits per heavy atom. The minimum absolute atomic E-state index is 0.332. The molecule has 0 radical (unpaired) electrons. The summed E-state index contributed by atoms with van der Waals surface area (Å²) in [5.74, 6) is -0.0985. The number of amides is 1. The summed E-state index contributed by atoms with van der Waals surface area (Å²) in [6.45, 7) is -0.348. The third-order valence-electron chi connectivity index (χ3n) is 2.43. The molecule has 2 nitrogen and oxygen atoms in total. The van der Waals surface area contributed by atoms with Crippen LogP contribution in [0.1, 0.15) is 22.3 Å². The maximum absolute atomic E-state index is 12.0. The molecular formula is C12H13ClF3NO. The van der Waals surface area contributed by atoms with Crippen molar-refractivity contribution in [2.45, 2.75) is 18.5 Å². The van der Waals surface area contributed by atoms with Gasteiger partial charge in [-0.25, -0.2) is 0 Å². The molecule has 1 aromatic carbocycles. The third-order valence-corrected chi connectivity index (χ3v) is 2.74. The van der Waals surface area contributed by atoms with E-state index in [1.165, 1.54) is 7.05 Å². The first-order chi connectivity index (χ1) is 8.33. The van der Waals surface area contributed by atoms with Crippen LogP contribution in [0.2, 0.25) is 0 Å². The minimum atomic E-state index is -4.25. The lowest BCUT2D eigenvalue weighted by atomic mass is 10.1. The Balaban J connectivity index is 2.62. The minimum Gasteiger partial charge on any atom is -0.341 e. The molecule has 1 amide bonds. The highest BCUT2D eigenvalue weighted by Gasteiger charge is 2.28. The van der Waals surface area contributed by atoms with E-state index in [-0.39, 0.29) is 6.54 Å². The Morgan fingerprint density at radius 2 is 1.83 bits per heavy atom. The van der Waals surface area contributed by atoms with Crippen LogP contribution in [-0.2, 0) is 5.88 Å². The predicted molar refractivity (Wildman–Crippen MR) is 63.6 cm³/mol. The van der Waals surface area contributed by atoms with Crippen LogP contribution >= 0.6 is 11.6 Å². The van der Waals surface area contributed by atoms with Gasteiger partial charge in [0.2, 0.25) is 0 Å². The molecule has 100 valence electrons. The second kappa shape index (κ2) is 6.09. The molecule has 0 spiro atoms. The van der Waals surface area contributed by atoms with Crippen LogP contribution in [-0.4, -0.2) is 30.6 Å². The van der Waals surface area contributed by atoms with Crippen molar-refractivity contribution in [3.8, 4) is 0 Å². The smallest absolute Gasteiger partial charge is 0.341 e. The van der Waals surface area contributed by atoms with Crippen molar-refractivity contribution >= 4 is 17.5 Å². The van der Waals surface area contributed by atoms with Gasteiger partial charge in [0, 0.05) is 25.0 Å². The number of nitrogens with zero attached hydrogens (tertiary/aromatic N) is 1. The van der Waals surface area contributed by atoms with Gasteiger partial charge in [0.1, 0.15) is 0 Å². The topological polar surface area (TPSA) is 20.3 Å². The van der Waals surface area contributed by atoms with Gasteiger partial charge in [0.25, 0.3) is 5.91 Å². The van der Waals surface area contributed by atoms with Gasteiger partial charge in [-0.05, 0) is 17.7 Å². The van der Waals surface area contributed by atoms with Gasteiger partial charge in [-0.2, -0.15) is 13.2 Å². The Labute approximate surface area is 108 Å². The number of carbonyl (C=O) groups excluding carboxylic acids is 1. The summed E-state index contributed by atoms with van der Waals surface area (Å²) in [6.07, 6.45) is -5.26. The number of benzene rings is 1. The molecule has 0 saturated heterocycles. The van der Waals surface area contributed by atoms with Crippen LogP contribution in [0.4, 0.5) is 13.2 Å². The summed E-state index contributed by atoms with van der Waals surface area (Å²) in [5.41, 5.74) is 1.21. The maximum atomic E-state index is 12.0. The average molecular weight is 280 g/mol. The second-order valence-corrected chi connectivity index (χ2v) is 4.19. The molecule has 0 aromatic heterocycles. The van der Waals surface area contributed by atoms with E-state index in [0.29, 0.717) is 11.4 Å². The van der Waals surface area contributed by atoms with Crippen LogP contribution in [0.15, 0.2) is 24.3 Å². The first kappa shape index (κ1) is 14.8. The predicted octanol–water partition coefficient (Wildman–Crippen LogP) is 3.45. The van der Waals surface area contributed by atoms with E-state index in [0.717, 1.165) is 10.5 Å². The van der Waals surface area contributed by atoms with Gasteiger partial charge in [0.15, 0.2) is 0 Å². The Bertz CT molecular complexity index is 403. The molecular weight excluding hydrogens is 267 g/mol. The molecule has 0 unspecified atom stereocenters. The highest BCUT2D eigenvalue weighted by molar-refractivity contribution is 6.17. The SMILES string of the molecule is CN(CCC(F)(F)F)C(=O)c1ccc(CCl)cc1. The third kappa shape index (κ3) is 4.56. The molecule has 0 aliphatic rings. The zero-order valence-electron chi connectivity index (χ0n) is 9.80. The van der Waals surface area contributed by atoms with Crippen molar-refractivity contribution in [1.82, 2.24) is 4.90 Å². The Kier molecular flexibility index (Phi) is 5.02. The van der Waals surface area contributed by atoms with E-state index in [1.54, 1.807) is 24.3 Å². The molecule has 6 heteroatoms. The summed E-state index contributed by atoms with van der Waals surface area (Å²) < 4.78 is 36.1. The second-order valence-electron chi connectivity index (χ2n) is 3.92. The Hall–Kier alpha value is -1.23. The maximum Gasteiger partial charge on any atom is 0.390 e. The number of alkyl halides is 4. The van der Waals surface area contributed by atoms with Crippen molar-refractivity contribution in [3.05, 3.63) is 35.4 Å². The number of hydrogen-bond donors (Lipinski definition) is 0. The van der Waals surface area contributed by atoms with Gasteiger partial charge >= 0.3 is 6.18 Å². The first-order valence-electron chi connectivity index (χ1n) is 5.30. The molecule has 0 aliphatic carbocycles. The van der Waals surface area contributed by atoms with Crippen molar-refractivity contribution < 1.29 is 18.0 Å². The largest absolute Gasteiger partial charge is 0.390 e. The fourth-order valence-electron chi connectivity index (χ4n) is 1.35. The quantitative estimate of drug-likeness (QED) is 0.773. The van der Waals surface area contributed by atoms with E-state index in [2.05, 4.69) is 0 Å². The fraction of sp³-hybridized carbons (Fsp3) is 0.417. The van der Waals surface area contributed by atoms with E-state index >= 15 is 0 Å². The van der Waals surface area contributed by atoms with E-state index in [9.17, 15) is 18.0 Å². The summed E-state index contributed by atoms with van der Waals surface area (Å²) in [4.78, 5) is 12.8. The number of rotatable bonds is 4. The molecule has 1 rings (SSSR count). The van der Waals surface area contributed by atoms with Crippen molar-refractivity contribution in [1.29, 1.82) is 0 Å². The van der Waals surface area contributed by atoms with Crippen LogP contribution in [0.25, 0.3) is 0 Å². The van der Waals surface area contributed by atoms with Gasteiger partial charge in [-0.15, -0.1) is 11.6 Å². The molecule has 18 heavy (non-hydrogen) atoms. The first-order valence-corrected chi connectivity index (χ1v) is 5.84. The summed E-state index contributed by atoms with van der Waals surface area (Å²) in [5, 5.41) is 0. The van der Waals surface area contributed by atoms with E-state index in [4.69, 9.17) is 11.6 Å². The highest BCUT2D eigenvalue weighted by atomic mass is 35.5. The van der Waals surface area contributed by atoms with Crippen molar-refractivity contribution in [3.63, 3.8) is 0 Å². The molecule has 0 saturated carbocycles. The number of hydrogen-bond acceptors (Lipinski definition) is 1. The molecule has 0 bridgehead atoms. The van der Waals surface area contributed by atoms with Gasteiger partial charge < -0.3 is 4.90 Å². The highest BCUT2D eigenvalue weighted by Crippen LogP contribution is 2.20. The molecule has 0 heterocycles. The lowest BCUT2D eigenvalue weighted by molar-refractivity contribution is -0.136. The molecule has 0 atom stereocenters. The average Bonchev–Trinajstić information content (AvgIpc) is 2.34. The molecule has 1 aromatic rings. The zero-order valence-corrected chi connectivity index (χ0v) is 10.6.